The molecule has 0 radical (unpaired) electrons. The van der Waals surface area contributed by atoms with Gasteiger partial charge in [0.05, 0.1) is 45.3 Å². The average molecular weight is 438 g/mol. The number of rotatable bonds is 2. The van der Waals surface area contributed by atoms with Crippen molar-refractivity contribution in [3.63, 3.8) is 0 Å². The van der Waals surface area contributed by atoms with Crippen LogP contribution in [0.2, 0.25) is 0 Å². The maximum absolute atomic E-state index is 10.3. The Morgan fingerprint density at radius 3 is 2.03 bits per heavy atom. The third-order valence-corrected chi connectivity index (χ3v) is 4.79. The van der Waals surface area contributed by atoms with E-state index in [0.29, 0.717) is 75.7 Å². The summed E-state index contributed by atoms with van der Waals surface area (Å²) in [6.45, 7) is 3.66. The maximum atomic E-state index is 10.3. The molecule has 4 rings (SSSR count). The molecule has 0 unspecified atom stereocenters. The quantitative estimate of drug-likeness (QED) is 0.579. The molecular formula is C24H26N2O6. The molecule has 0 atom stereocenters. The number of benzene rings is 3. The van der Waals surface area contributed by atoms with Gasteiger partial charge < -0.3 is 28.8 Å². The van der Waals surface area contributed by atoms with E-state index in [9.17, 15) is 5.11 Å². The van der Waals surface area contributed by atoms with Crippen LogP contribution in [0.25, 0.3) is 10.8 Å². The van der Waals surface area contributed by atoms with E-state index in [1.807, 2.05) is 30.3 Å². The summed E-state index contributed by atoms with van der Waals surface area (Å²) in [6.07, 6.45) is 0. The van der Waals surface area contributed by atoms with Crippen LogP contribution >= 0.6 is 0 Å². The van der Waals surface area contributed by atoms with E-state index in [4.69, 9.17) is 23.7 Å². The van der Waals surface area contributed by atoms with Gasteiger partial charge in [0.15, 0.2) is 11.5 Å². The highest BCUT2D eigenvalue weighted by molar-refractivity contribution is 5.95. The molecule has 0 amide bonds. The van der Waals surface area contributed by atoms with Gasteiger partial charge in [0.2, 0.25) is 0 Å². The van der Waals surface area contributed by atoms with Crippen molar-refractivity contribution in [2.75, 3.05) is 52.9 Å². The molecule has 1 N–H and O–H groups in total. The van der Waals surface area contributed by atoms with Crippen molar-refractivity contribution in [3.05, 3.63) is 54.6 Å². The monoisotopic (exact) mass is 438 g/mol. The van der Waals surface area contributed by atoms with Crippen molar-refractivity contribution in [3.8, 4) is 17.2 Å². The van der Waals surface area contributed by atoms with Crippen LogP contribution in [0.3, 0.4) is 0 Å². The van der Waals surface area contributed by atoms with Gasteiger partial charge in [-0.05, 0) is 23.6 Å². The number of aromatic hydroxyl groups is 1. The summed E-state index contributed by atoms with van der Waals surface area (Å²) in [4.78, 5) is 0. The van der Waals surface area contributed by atoms with Gasteiger partial charge >= 0.3 is 0 Å². The number of fused-ring (bicyclic) bond motifs is 2. The zero-order valence-electron chi connectivity index (χ0n) is 17.7. The first-order valence-corrected chi connectivity index (χ1v) is 10.6. The second kappa shape index (κ2) is 11.4. The molecule has 0 fully saturated rings. The molecule has 0 bridgehead atoms. The summed E-state index contributed by atoms with van der Waals surface area (Å²) in [5.74, 6) is 1.20. The average Bonchev–Trinajstić information content (AvgIpc) is 2.82. The molecular weight excluding hydrogens is 412 g/mol. The Hall–Kier alpha value is -3.20. The SMILES string of the molecule is Oc1ccc2ccccc2c1N=Nc1ccc2c(c1)OCCOCCOCCOCCO2. The summed E-state index contributed by atoms with van der Waals surface area (Å²) in [5, 5.41) is 20.7. The van der Waals surface area contributed by atoms with Crippen molar-refractivity contribution >= 4 is 22.1 Å². The lowest BCUT2D eigenvalue weighted by atomic mass is 10.1. The van der Waals surface area contributed by atoms with E-state index < -0.39 is 0 Å². The number of hydrogen-bond acceptors (Lipinski definition) is 8. The number of phenolic OH excluding ortho intramolecular Hbond substituents is 1. The molecule has 0 saturated carbocycles. The number of ether oxygens (including phenoxy) is 5. The van der Waals surface area contributed by atoms with Crippen LogP contribution in [0.4, 0.5) is 11.4 Å². The van der Waals surface area contributed by atoms with Gasteiger partial charge in [0.1, 0.15) is 24.7 Å². The van der Waals surface area contributed by atoms with E-state index in [1.165, 1.54) is 0 Å². The topological polar surface area (TPSA) is 91.1 Å². The lowest BCUT2D eigenvalue weighted by Gasteiger charge is -2.13. The van der Waals surface area contributed by atoms with Gasteiger partial charge in [-0.2, -0.15) is 5.11 Å². The van der Waals surface area contributed by atoms with Crippen molar-refractivity contribution in [2.45, 2.75) is 0 Å². The van der Waals surface area contributed by atoms with E-state index in [2.05, 4.69) is 10.2 Å². The highest BCUT2D eigenvalue weighted by Gasteiger charge is 2.09. The third-order valence-electron chi connectivity index (χ3n) is 4.79. The Morgan fingerprint density at radius 1 is 0.625 bits per heavy atom. The van der Waals surface area contributed by atoms with Crippen molar-refractivity contribution < 1.29 is 28.8 Å². The minimum atomic E-state index is 0.0716. The molecule has 0 saturated heterocycles. The van der Waals surface area contributed by atoms with Gasteiger partial charge in [0, 0.05) is 11.5 Å². The van der Waals surface area contributed by atoms with Crippen LogP contribution in [0.1, 0.15) is 0 Å². The Kier molecular flexibility index (Phi) is 7.86. The lowest BCUT2D eigenvalue weighted by molar-refractivity contribution is 0.00708. The minimum Gasteiger partial charge on any atom is -0.506 e. The van der Waals surface area contributed by atoms with Gasteiger partial charge in [0.25, 0.3) is 0 Å². The summed E-state index contributed by atoms with van der Waals surface area (Å²) >= 11 is 0. The molecule has 0 aliphatic carbocycles. The van der Waals surface area contributed by atoms with Crippen LogP contribution < -0.4 is 9.47 Å². The molecule has 1 heterocycles. The van der Waals surface area contributed by atoms with Crippen LogP contribution in [-0.2, 0) is 14.2 Å². The first-order chi connectivity index (χ1) is 15.8. The Labute approximate surface area is 186 Å². The van der Waals surface area contributed by atoms with Crippen LogP contribution in [0.15, 0.2) is 64.8 Å². The van der Waals surface area contributed by atoms with Crippen LogP contribution in [-0.4, -0.2) is 58.0 Å². The summed E-state index contributed by atoms with van der Waals surface area (Å²) < 4.78 is 28.1. The summed E-state index contributed by atoms with van der Waals surface area (Å²) in [7, 11) is 0. The molecule has 0 aromatic heterocycles. The van der Waals surface area contributed by atoms with Gasteiger partial charge in [-0.25, -0.2) is 0 Å². The second-order valence-electron chi connectivity index (χ2n) is 7.02. The fourth-order valence-electron chi connectivity index (χ4n) is 3.21. The fraction of sp³-hybridized carbons (Fsp3) is 0.333. The van der Waals surface area contributed by atoms with Crippen molar-refractivity contribution in [1.82, 2.24) is 0 Å². The molecule has 1 aliphatic rings. The normalized spacial score (nSPS) is 16.5. The maximum Gasteiger partial charge on any atom is 0.163 e. The first kappa shape index (κ1) is 22.0. The van der Waals surface area contributed by atoms with E-state index in [1.54, 1.807) is 24.3 Å². The predicted octanol–water partition coefficient (Wildman–Crippen LogP) is 4.78. The smallest absolute Gasteiger partial charge is 0.163 e. The standard InChI is InChI=1S/C24H26N2O6/c27-21-7-5-18-3-1-2-4-20(18)24(21)26-25-19-6-8-22-23(17-19)32-16-14-30-12-10-28-9-11-29-13-15-31-22/h1-8,17,27H,9-16H2. The van der Waals surface area contributed by atoms with Gasteiger partial charge in [-0.3, -0.25) is 0 Å². The Balaban J connectivity index is 1.53. The second-order valence-corrected chi connectivity index (χ2v) is 7.02. The Bertz CT molecular complexity index is 1060. The highest BCUT2D eigenvalue weighted by atomic mass is 16.6. The van der Waals surface area contributed by atoms with Crippen molar-refractivity contribution in [1.29, 1.82) is 0 Å². The molecule has 32 heavy (non-hydrogen) atoms. The molecule has 8 heteroatoms. The lowest BCUT2D eigenvalue weighted by Crippen LogP contribution is -2.13. The van der Waals surface area contributed by atoms with Crippen LogP contribution in [0, 0.1) is 0 Å². The number of phenols is 1. The molecule has 1 aliphatic heterocycles. The van der Waals surface area contributed by atoms with Gasteiger partial charge in [-0.15, -0.1) is 5.11 Å². The molecule has 3 aromatic rings. The number of hydrogen-bond donors (Lipinski definition) is 1. The molecule has 8 nitrogen and oxygen atoms in total. The van der Waals surface area contributed by atoms with E-state index in [0.717, 1.165) is 10.8 Å². The first-order valence-electron chi connectivity index (χ1n) is 10.6. The zero-order chi connectivity index (χ0) is 22.0. The predicted molar refractivity (Wildman–Crippen MR) is 120 cm³/mol. The fourth-order valence-corrected chi connectivity index (χ4v) is 3.21. The summed E-state index contributed by atoms with van der Waals surface area (Å²) in [5.41, 5.74) is 0.993. The van der Waals surface area contributed by atoms with Crippen molar-refractivity contribution in [2.24, 2.45) is 10.2 Å². The van der Waals surface area contributed by atoms with Gasteiger partial charge in [-0.1, -0.05) is 30.3 Å². The number of nitrogens with zero attached hydrogens (tertiary/aromatic N) is 2. The largest absolute Gasteiger partial charge is 0.506 e. The third kappa shape index (κ3) is 5.94. The number of azo groups is 1. The zero-order valence-corrected chi connectivity index (χ0v) is 17.7. The van der Waals surface area contributed by atoms with Crippen LogP contribution in [0.5, 0.6) is 17.2 Å². The highest BCUT2D eigenvalue weighted by Crippen LogP contribution is 2.37. The molecule has 0 spiro atoms. The summed E-state index contributed by atoms with van der Waals surface area (Å²) in [6, 6.07) is 16.5. The molecule has 3 aromatic carbocycles. The minimum absolute atomic E-state index is 0.0716. The molecule has 168 valence electrons. The van der Waals surface area contributed by atoms with E-state index in [-0.39, 0.29) is 5.75 Å². The van der Waals surface area contributed by atoms with E-state index >= 15 is 0 Å². The Morgan fingerprint density at radius 2 is 1.28 bits per heavy atom.